The first-order chi connectivity index (χ1) is 9.63. The van der Waals surface area contributed by atoms with E-state index in [0.29, 0.717) is 13.1 Å². The Kier molecular flexibility index (Phi) is 7.87. The Balaban J connectivity index is 2.16. The molecule has 112 valence electrons. The summed E-state index contributed by atoms with van der Waals surface area (Å²) in [5.74, 6) is -0.0710. The SMILES string of the molecule is CCNC(=O)CNCC(O)COC(C)c1ccccc1. The molecule has 0 aliphatic carbocycles. The molecule has 0 bridgehead atoms. The monoisotopic (exact) mass is 280 g/mol. The van der Waals surface area contributed by atoms with Crippen molar-refractivity contribution >= 4 is 5.91 Å². The molecule has 3 N–H and O–H groups in total. The molecular weight excluding hydrogens is 256 g/mol. The Bertz CT molecular complexity index is 384. The van der Waals surface area contributed by atoms with Gasteiger partial charge in [-0.3, -0.25) is 4.79 Å². The molecule has 5 nitrogen and oxygen atoms in total. The lowest BCUT2D eigenvalue weighted by Gasteiger charge is -2.17. The van der Waals surface area contributed by atoms with Crippen LogP contribution in [0.3, 0.4) is 0 Å². The highest BCUT2D eigenvalue weighted by atomic mass is 16.5. The number of amides is 1. The number of hydrogen-bond acceptors (Lipinski definition) is 4. The lowest BCUT2D eigenvalue weighted by molar-refractivity contribution is -0.120. The Morgan fingerprint density at radius 3 is 2.70 bits per heavy atom. The molecule has 0 aromatic heterocycles. The van der Waals surface area contributed by atoms with Gasteiger partial charge in [-0.05, 0) is 19.4 Å². The summed E-state index contributed by atoms with van der Waals surface area (Å²) in [6.45, 7) is 5.20. The Hall–Kier alpha value is -1.43. The van der Waals surface area contributed by atoms with Crippen LogP contribution < -0.4 is 10.6 Å². The van der Waals surface area contributed by atoms with Gasteiger partial charge >= 0.3 is 0 Å². The molecule has 0 saturated heterocycles. The zero-order chi connectivity index (χ0) is 14.8. The molecule has 0 heterocycles. The first-order valence-corrected chi connectivity index (χ1v) is 6.95. The Morgan fingerprint density at radius 1 is 1.35 bits per heavy atom. The third kappa shape index (κ3) is 6.65. The summed E-state index contributed by atoms with van der Waals surface area (Å²) in [7, 11) is 0. The van der Waals surface area contributed by atoms with Crippen LogP contribution in [0, 0.1) is 0 Å². The third-order valence-corrected chi connectivity index (χ3v) is 2.85. The highest BCUT2D eigenvalue weighted by Gasteiger charge is 2.10. The molecule has 1 amide bonds. The number of aliphatic hydroxyl groups excluding tert-OH is 1. The molecule has 1 aromatic carbocycles. The second-order valence-corrected chi connectivity index (χ2v) is 4.62. The van der Waals surface area contributed by atoms with Gasteiger partial charge in [0, 0.05) is 13.1 Å². The molecule has 0 spiro atoms. The molecule has 1 aromatic rings. The zero-order valence-corrected chi connectivity index (χ0v) is 12.1. The topological polar surface area (TPSA) is 70.6 Å². The van der Waals surface area contributed by atoms with Crippen molar-refractivity contribution in [1.29, 1.82) is 0 Å². The highest BCUT2D eigenvalue weighted by molar-refractivity contribution is 5.77. The van der Waals surface area contributed by atoms with Crippen LogP contribution in [-0.2, 0) is 9.53 Å². The minimum absolute atomic E-state index is 0.0609. The van der Waals surface area contributed by atoms with Crippen LogP contribution >= 0.6 is 0 Å². The van der Waals surface area contributed by atoms with Gasteiger partial charge in [-0.25, -0.2) is 0 Å². The van der Waals surface area contributed by atoms with E-state index in [9.17, 15) is 9.90 Å². The van der Waals surface area contributed by atoms with Gasteiger partial charge in [-0.2, -0.15) is 0 Å². The van der Waals surface area contributed by atoms with Gasteiger partial charge in [0.2, 0.25) is 5.91 Å². The number of likely N-dealkylation sites (N-methyl/N-ethyl adjacent to an activating group) is 1. The summed E-state index contributed by atoms with van der Waals surface area (Å²) >= 11 is 0. The van der Waals surface area contributed by atoms with Crippen LogP contribution in [0.4, 0.5) is 0 Å². The summed E-state index contributed by atoms with van der Waals surface area (Å²) in [6.07, 6.45) is -0.690. The second kappa shape index (κ2) is 9.47. The summed E-state index contributed by atoms with van der Waals surface area (Å²) in [5, 5.41) is 15.3. The molecule has 2 atom stereocenters. The zero-order valence-electron chi connectivity index (χ0n) is 12.1. The van der Waals surface area contributed by atoms with Crippen molar-refractivity contribution in [3.63, 3.8) is 0 Å². The molecule has 2 unspecified atom stereocenters. The molecule has 5 heteroatoms. The van der Waals surface area contributed by atoms with Gasteiger partial charge in [0.1, 0.15) is 0 Å². The van der Waals surface area contributed by atoms with Gasteiger partial charge < -0.3 is 20.5 Å². The molecule has 0 fully saturated rings. The first kappa shape index (κ1) is 16.6. The highest BCUT2D eigenvalue weighted by Crippen LogP contribution is 2.15. The maximum Gasteiger partial charge on any atom is 0.233 e. The minimum atomic E-state index is -0.629. The van der Waals surface area contributed by atoms with E-state index in [1.165, 1.54) is 0 Å². The second-order valence-electron chi connectivity index (χ2n) is 4.62. The van der Waals surface area contributed by atoms with Crippen molar-refractivity contribution < 1.29 is 14.6 Å². The largest absolute Gasteiger partial charge is 0.389 e. The van der Waals surface area contributed by atoms with E-state index in [1.54, 1.807) is 0 Å². The first-order valence-electron chi connectivity index (χ1n) is 6.95. The summed E-state index contributed by atoms with van der Waals surface area (Å²) in [6, 6.07) is 9.85. The van der Waals surface area contributed by atoms with Crippen molar-refractivity contribution in [1.82, 2.24) is 10.6 Å². The molecule has 0 radical (unpaired) electrons. The average Bonchev–Trinajstić information content (AvgIpc) is 2.46. The van der Waals surface area contributed by atoms with Crippen molar-refractivity contribution in [2.75, 3.05) is 26.2 Å². The van der Waals surface area contributed by atoms with Crippen molar-refractivity contribution in [3.05, 3.63) is 35.9 Å². The van der Waals surface area contributed by atoms with E-state index in [-0.39, 0.29) is 25.2 Å². The van der Waals surface area contributed by atoms with E-state index in [4.69, 9.17) is 4.74 Å². The number of carbonyl (C=O) groups is 1. The number of hydrogen-bond donors (Lipinski definition) is 3. The fraction of sp³-hybridized carbons (Fsp3) is 0.533. The molecule has 0 aliphatic heterocycles. The maximum absolute atomic E-state index is 11.2. The van der Waals surface area contributed by atoms with Crippen molar-refractivity contribution in [2.24, 2.45) is 0 Å². The quantitative estimate of drug-likeness (QED) is 0.627. The molecular formula is C15H24N2O3. The van der Waals surface area contributed by atoms with E-state index in [0.717, 1.165) is 5.56 Å². The number of ether oxygens (including phenoxy) is 1. The van der Waals surface area contributed by atoms with Gasteiger partial charge in [-0.1, -0.05) is 30.3 Å². The van der Waals surface area contributed by atoms with Gasteiger partial charge in [0.05, 0.1) is 25.4 Å². The van der Waals surface area contributed by atoms with Crippen LogP contribution in [0.2, 0.25) is 0 Å². The van der Waals surface area contributed by atoms with E-state index in [1.807, 2.05) is 44.2 Å². The van der Waals surface area contributed by atoms with Gasteiger partial charge in [0.25, 0.3) is 0 Å². The lowest BCUT2D eigenvalue weighted by Crippen LogP contribution is -2.38. The van der Waals surface area contributed by atoms with Crippen molar-refractivity contribution in [2.45, 2.75) is 26.1 Å². The smallest absolute Gasteiger partial charge is 0.233 e. The Morgan fingerprint density at radius 2 is 2.05 bits per heavy atom. The van der Waals surface area contributed by atoms with E-state index < -0.39 is 6.10 Å². The van der Waals surface area contributed by atoms with Crippen molar-refractivity contribution in [3.8, 4) is 0 Å². The Labute approximate surface area is 120 Å². The predicted octanol–water partition coefficient (Wildman–Crippen LogP) is 0.851. The summed E-state index contributed by atoms with van der Waals surface area (Å²) in [4.78, 5) is 11.2. The summed E-state index contributed by atoms with van der Waals surface area (Å²) < 4.78 is 5.60. The van der Waals surface area contributed by atoms with E-state index in [2.05, 4.69) is 10.6 Å². The fourth-order valence-electron chi connectivity index (χ4n) is 1.75. The molecule has 0 saturated carbocycles. The lowest BCUT2D eigenvalue weighted by atomic mass is 10.1. The number of nitrogens with one attached hydrogen (secondary N) is 2. The number of aliphatic hydroxyl groups is 1. The minimum Gasteiger partial charge on any atom is -0.389 e. The van der Waals surface area contributed by atoms with E-state index >= 15 is 0 Å². The van der Waals surface area contributed by atoms with Gasteiger partial charge in [0.15, 0.2) is 0 Å². The predicted molar refractivity (Wildman–Crippen MR) is 78.4 cm³/mol. The third-order valence-electron chi connectivity index (χ3n) is 2.85. The molecule has 1 rings (SSSR count). The summed E-state index contributed by atoms with van der Waals surface area (Å²) in [5.41, 5.74) is 1.08. The fourth-order valence-corrected chi connectivity index (χ4v) is 1.75. The number of carbonyl (C=O) groups excluding carboxylic acids is 1. The normalized spacial score (nSPS) is 13.8. The van der Waals surface area contributed by atoms with Crippen LogP contribution in [0.1, 0.15) is 25.5 Å². The standard InChI is InChI=1S/C15H24N2O3/c1-3-17-15(19)10-16-9-14(18)11-20-12(2)13-7-5-4-6-8-13/h4-8,12,14,16,18H,3,9-11H2,1-2H3,(H,17,19). The van der Waals surface area contributed by atoms with Crippen LogP contribution in [-0.4, -0.2) is 43.4 Å². The van der Waals surface area contributed by atoms with Crippen LogP contribution in [0.15, 0.2) is 30.3 Å². The molecule has 20 heavy (non-hydrogen) atoms. The number of rotatable bonds is 9. The van der Waals surface area contributed by atoms with Gasteiger partial charge in [-0.15, -0.1) is 0 Å². The van der Waals surface area contributed by atoms with Crippen LogP contribution in [0.25, 0.3) is 0 Å². The van der Waals surface area contributed by atoms with Crippen LogP contribution in [0.5, 0.6) is 0 Å². The number of benzene rings is 1. The molecule has 0 aliphatic rings. The average molecular weight is 280 g/mol. The maximum atomic E-state index is 11.2.